The topological polar surface area (TPSA) is 70.0 Å². The van der Waals surface area contributed by atoms with Gasteiger partial charge in [-0.2, -0.15) is 0 Å². The first-order valence-electron chi connectivity index (χ1n) is 3.74. The Labute approximate surface area is 71.6 Å². The van der Waals surface area contributed by atoms with Crippen LogP contribution in [-0.4, -0.2) is 48.2 Å². The lowest BCUT2D eigenvalue weighted by Gasteiger charge is -2.18. The Morgan fingerprint density at radius 3 is 2.58 bits per heavy atom. The molecule has 0 aliphatic heterocycles. The van der Waals surface area contributed by atoms with Gasteiger partial charge in [-0.05, 0) is 6.42 Å². The highest BCUT2D eigenvalue weighted by Crippen LogP contribution is 1.96. The van der Waals surface area contributed by atoms with Crippen LogP contribution in [0.15, 0.2) is 0 Å². The van der Waals surface area contributed by atoms with Crippen LogP contribution in [0.4, 0.5) is 0 Å². The molecule has 0 rings (SSSR count). The Hall–Kier alpha value is -0.650. The highest BCUT2D eigenvalue weighted by Gasteiger charge is 2.10. The summed E-state index contributed by atoms with van der Waals surface area (Å²) in [5.41, 5.74) is 0. The molecule has 0 spiro atoms. The van der Waals surface area contributed by atoms with Crippen molar-refractivity contribution < 1.29 is 19.7 Å². The van der Waals surface area contributed by atoms with E-state index in [4.69, 9.17) is 10.2 Å². The van der Waals surface area contributed by atoms with Gasteiger partial charge in [0.25, 0.3) is 0 Å². The number of hydrogen-bond donors (Lipinski definition) is 2. The predicted octanol–water partition coefficient (Wildman–Crippen LogP) is -0.859. The summed E-state index contributed by atoms with van der Waals surface area (Å²) in [4.78, 5) is 12.3. The Morgan fingerprint density at radius 1 is 1.50 bits per heavy atom. The average molecular weight is 177 g/mol. The Kier molecular flexibility index (Phi) is 6.64. The summed E-state index contributed by atoms with van der Waals surface area (Å²) in [7, 11) is 1.45. The molecule has 0 unspecified atom stereocenters. The predicted molar refractivity (Wildman–Crippen MR) is 42.1 cm³/mol. The van der Waals surface area contributed by atoms with Crippen molar-refractivity contribution in [2.75, 3.05) is 27.2 Å². The minimum absolute atomic E-state index is 0.0159. The number of methoxy groups -OCH3 is 1. The third-order valence-electron chi connectivity index (χ3n) is 1.36. The summed E-state index contributed by atoms with van der Waals surface area (Å²) in [6, 6.07) is 0. The molecule has 5 nitrogen and oxygen atoms in total. The van der Waals surface area contributed by atoms with E-state index in [0.29, 0.717) is 6.42 Å². The van der Waals surface area contributed by atoms with E-state index in [0.717, 1.165) is 4.90 Å². The average Bonchev–Trinajstić information content (AvgIpc) is 2.10. The molecule has 0 bridgehead atoms. The highest BCUT2D eigenvalue weighted by molar-refractivity contribution is 5.75. The number of carbonyl (C=O) groups is 1. The summed E-state index contributed by atoms with van der Waals surface area (Å²) in [6.45, 7) is -0.281. The van der Waals surface area contributed by atoms with Crippen LogP contribution in [0, 0.1) is 0 Å². The lowest BCUT2D eigenvalue weighted by atomic mass is 10.3. The Balaban J connectivity index is 3.69. The summed E-state index contributed by atoms with van der Waals surface area (Å²) in [6.07, 6.45) is 0.652. The first-order chi connectivity index (χ1) is 5.76. The molecule has 0 fully saturated rings. The fourth-order valence-corrected chi connectivity index (χ4v) is 0.736. The van der Waals surface area contributed by atoms with Gasteiger partial charge in [-0.1, -0.05) is 0 Å². The van der Waals surface area contributed by atoms with Crippen molar-refractivity contribution in [3.05, 3.63) is 0 Å². The minimum atomic E-state index is -0.349. The second-order valence-electron chi connectivity index (χ2n) is 2.32. The number of ether oxygens (including phenoxy) is 1. The zero-order chi connectivity index (χ0) is 9.40. The van der Waals surface area contributed by atoms with E-state index in [1.54, 1.807) is 0 Å². The maximum atomic E-state index is 11.1. The van der Waals surface area contributed by atoms with Crippen molar-refractivity contribution in [2.24, 2.45) is 0 Å². The van der Waals surface area contributed by atoms with Gasteiger partial charge in [0, 0.05) is 20.1 Å². The molecule has 0 aromatic carbocycles. The number of amides is 1. The zero-order valence-electron chi connectivity index (χ0n) is 7.19. The number of aliphatic hydroxyl groups is 2. The van der Waals surface area contributed by atoms with E-state index in [-0.39, 0.29) is 32.4 Å². The molecular formula is C7H15NO4. The third kappa shape index (κ3) is 4.27. The molecule has 0 aromatic rings. The molecule has 0 aromatic heterocycles. The van der Waals surface area contributed by atoms with Crippen molar-refractivity contribution in [3.8, 4) is 0 Å². The third-order valence-corrected chi connectivity index (χ3v) is 1.36. The molecule has 2 N–H and O–H groups in total. The Morgan fingerprint density at radius 2 is 2.17 bits per heavy atom. The standard InChI is InChI=1S/C7H15NO4/c1-12-6-8(5-10)7(11)3-2-4-9/h9-10H,2-6H2,1H3. The number of nitrogens with zero attached hydrogens (tertiary/aromatic N) is 1. The van der Waals surface area contributed by atoms with E-state index in [1.807, 2.05) is 0 Å². The lowest BCUT2D eigenvalue weighted by Crippen LogP contribution is -2.33. The molecular weight excluding hydrogens is 162 g/mol. The van der Waals surface area contributed by atoms with E-state index in [2.05, 4.69) is 4.74 Å². The molecule has 0 saturated carbocycles. The van der Waals surface area contributed by atoms with Gasteiger partial charge in [-0.15, -0.1) is 0 Å². The van der Waals surface area contributed by atoms with Crippen molar-refractivity contribution >= 4 is 5.91 Å². The van der Waals surface area contributed by atoms with Gasteiger partial charge in [0.1, 0.15) is 13.5 Å². The number of carbonyl (C=O) groups excluding carboxylic acids is 1. The molecule has 0 atom stereocenters. The van der Waals surface area contributed by atoms with Crippen LogP contribution in [0.3, 0.4) is 0 Å². The monoisotopic (exact) mass is 177 g/mol. The molecule has 0 radical (unpaired) electrons. The maximum absolute atomic E-state index is 11.1. The van der Waals surface area contributed by atoms with Crippen LogP contribution < -0.4 is 0 Å². The van der Waals surface area contributed by atoms with Gasteiger partial charge in [-0.25, -0.2) is 0 Å². The normalized spacial score (nSPS) is 9.92. The number of rotatable bonds is 6. The van der Waals surface area contributed by atoms with Gasteiger partial charge in [-0.3, -0.25) is 9.69 Å². The second-order valence-corrected chi connectivity index (χ2v) is 2.32. The van der Waals surface area contributed by atoms with E-state index in [1.165, 1.54) is 7.11 Å². The maximum Gasteiger partial charge on any atom is 0.226 e. The molecule has 5 heteroatoms. The number of aliphatic hydroxyl groups excluding tert-OH is 2. The van der Waals surface area contributed by atoms with Crippen molar-refractivity contribution in [2.45, 2.75) is 12.8 Å². The van der Waals surface area contributed by atoms with Crippen molar-refractivity contribution in [1.82, 2.24) is 4.90 Å². The molecule has 0 heterocycles. The second kappa shape index (κ2) is 7.02. The fraction of sp³-hybridized carbons (Fsp3) is 0.857. The molecule has 72 valence electrons. The first-order valence-corrected chi connectivity index (χ1v) is 3.74. The van der Waals surface area contributed by atoms with Gasteiger partial charge in [0.05, 0.1) is 0 Å². The van der Waals surface area contributed by atoms with Gasteiger partial charge in [0.2, 0.25) is 5.91 Å². The van der Waals surface area contributed by atoms with Crippen molar-refractivity contribution in [3.63, 3.8) is 0 Å². The minimum Gasteiger partial charge on any atom is -0.396 e. The Bertz CT molecular complexity index is 129. The van der Waals surface area contributed by atoms with Crippen LogP contribution in [0.2, 0.25) is 0 Å². The largest absolute Gasteiger partial charge is 0.396 e. The molecule has 0 aliphatic carbocycles. The van der Waals surface area contributed by atoms with Crippen LogP contribution >= 0.6 is 0 Å². The molecule has 0 saturated heterocycles. The zero-order valence-corrected chi connectivity index (χ0v) is 7.19. The lowest BCUT2D eigenvalue weighted by molar-refractivity contribution is -0.141. The van der Waals surface area contributed by atoms with Gasteiger partial charge >= 0.3 is 0 Å². The summed E-state index contributed by atoms with van der Waals surface area (Å²) in [5, 5.41) is 17.1. The van der Waals surface area contributed by atoms with Crippen LogP contribution in [0.5, 0.6) is 0 Å². The first kappa shape index (κ1) is 11.4. The van der Waals surface area contributed by atoms with Crippen molar-refractivity contribution in [1.29, 1.82) is 0 Å². The quantitative estimate of drug-likeness (QED) is 0.518. The highest BCUT2D eigenvalue weighted by atomic mass is 16.5. The number of hydrogen-bond acceptors (Lipinski definition) is 4. The van der Waals surface area contributed by atoms with E-state index in [9.17, 15) is 4.79 Å². The molecule has 12 heavy (non-hydrogen) atoms. The molecule has 1 amide bonds. The fourth-order valence-electron chi connectivity index (χ4n) is 0.736. The van der Waals surface area contributed by atoms with E-state index < -0.39 is 0 Å². The smallest absolute Gasteiger partial charge is 0.226 e. The van der Waals surface area contributed by atoms with Crippen LogP contribution in [0.25, 0.3) is 0 Å². The van der Waals surface area contributed by atoms with Crippen LogP contribution in [0.1, 0.15) is 12.8 Å². The summed E-state index contributed by atoms with van der Waals surface area (Å²) >= 11 is 0. The summed E-state index contributed by atoms with van der Waals surface area (Å²) in [5.74, 6) is -0.214. The van der Waals surface area contributed by atoms with Crippen LogP contribution in [-0.2, 0) is 9.53 Å². The molecule has 0 aliphatic rings. The van der Waals surface area contributed by atoms with Gasteiger partial charge in [0.15, 0.2) is 0 Å². The van der Waals surface area contributed by atoms with E-state index >= 15 is 0 Å². The van der Waals surface area contributed by atoms with Gasteiger partial charge < -0.3 is 14.9 Å². The summed E-state index contributed by atoms with van der Waals surface area (Å²) < 4.78 is 4.68. The SMILES string of the molecule is COCN(CO)C(=O)CCCO.